The van der Waals surface area contributed by atoms with E-state index >= 15 is 0 Å². The van der Waals surface area contributed by atoms with E-state index in [0.29, 0.717) is 35.3 Å². The number of nitrogens with zero attached hydrogens (tertiary/aromatic N) is 3. The molecule has 0 spiro atoms. The standard InChI is InChI=1S/C14H26ClN3O2S/c1-5-6-7-10-17(4)21(19,20)14-12(2)16-18(13(14)3)11-8-9-15/h5-11H2,1-4H3. The summed E-state index contributed by atoms with van der Waals surface area (Å²) in [4.78, 5) is 0.344. The first-order valence-corrected chi connectivity index (χ1v) is 9.40. The molecular weight excluding hydrogens is 310 g/mol. The summed E-state index contributed by atoms with van der Waals surface area (Å²) in [5, 5.41) is 4.35. The van der Waals surface area contributed by atoms with Gasteiger partial charge in [0.05, 0.1) is 11.4 Å². The summed E-state index contributed by atoms with van der Waals surface area (Å²) in [7, 11) is -1.83. The fraction of sp³-hybridized carbons (Fsp3) is 0.786. The van der Waals surface area contributed by atoms with Gasteiger partial charge in [0, 0.05) is 26.0 Å². The monoisotopic (exact) mass is 335 g/mol. The fourth-order valence-electron chi connectivity index (χ4n) is 2.34. The molecule has 21 heavy (non-hydrogen) atoms. The van der Waals surface area contributed by atoms with Crippen LogP contribution in [-0.2, 0) is 16.6 Å². The van der Waals surface area contributed by atoms with Crippen molar-refractivity contribution in [3.05, 3.63) is 11.4 Å². The van der Waals surface area contributed by atoms with E-state index < -0.39 is 10.0 Å². The lowest BCUT2D eigenvalue weighted by atomic mass is 10.2. The number of rotatable bonds is 9. The number of hydrogen-bond donors (Lipinski definition) is 0. The van der Waals surface area contributed by atoms with Crippen molar-refractivity contribution in [1.82, 2.24) is 14.1 Å². The van der Waals surface area contributed by atoms with Gasteiger partial charge in [-0.05, 0) is 26.7 Å². The van der Waals surface area contributed by atoms with Gasteiger partial charge in [0.1, 0.15) is 4.90 Å². The predicted molar refractivity (Wildman–Crippen MR) is 86.4 cm³/mol. The molecule has 0 atom stereocenters. The highest BCUT2D eigenvalue weighted by Crippen LogP contribution is 2.23. The van der Waals surface area contributed by atoms with E-state index in [1.807, 2.05) is 0 Å². The van der Waals surface area contributed by atoms with Crippen LogP contribution in [-0.4, -0.2) is 42.0 Å². The highest BCUT2D eigenvalue weighted by molar-refractivity contribution is 7.89. The number of sulfonamides is 1. The van der Waals surface area contributed by atoms with Gasteiger partial charge in [0.2, 0.25) is 10.0 Å². The van der Waals surface area contributed by atoms with Crippen molar-refractivity contribution in [3.8, 4) is 0 Å². The van der Waals surface area contributed by atoms with Gasteiger partial charge < -0.3 is 0 Å². The summed E-state index contributed by atoms with van der Waals surface area (Å²) in [6, 6.07) is 0. The van der Waals surface area contributed by atoms with Crippen molar-refractivity contribution in [2.75, 3.05) is 19.5 Å². The molecule has 1 rings (SSSR count). The summed E-state index contributed by atoms with van der Waals surface area (Å²) in [5.41, 5.74) is 1.25. The van der Waals surface area contributed by atoms with E-state index in [0.717, 1.165) is 25.7 Å². The average Bonchev–Trinajstić information content (AvgIpc) is 2.71. The molecule has 0 N–H and O–H groups in total. The van der Waals surface area contributed by atoms with Crippen molar-refractivity contribution in [1.29, 1.82) is 0 Å². The second-order valence-corrected chi connectivity index (χ2v) is 7.66. The Labute approximate surface area is 133 Å². The van der Waals surface area contributed by atoms with Gasteiger partial charge in [0.15, 0.2) is 0 Å². The van der Waals surface area contributed by atoms with Crippen LogP contribution in [0.25, 0.3) is 0 Å². The maximum atomic E-state index is 12.7. The van der Waals surface area contributed by atoms with E-state index in [-0.39, 0.29) is 0 Å². The second-order valence-electron chi connectivity index (χ2n) is 5.30. The minimum atomic E-state index is -3.47. The lowest BCUT2D eigenvalue weighted by Gasteiger charge is -2.17. The van der Waals surface area contributed by atoms with Crippen LogP contribution in [0.4, 0.5) is 0 Å². The molecule has 7 heteroatoms. The number of unbranched alkanes of at least 4 members (excludes halogenated alkanes) is 2. The molecule has 0 aliphatic rings. The summed E-state index contributed by atoms with van der Waals surface area (Å²) in [6.07, 6.45) is 3.76. The number of alkyl halides is 1. The topological polar surface area (TPSA) is 55.2 Å². The van der Waals surface area contributed by atoms with E-state index in [2.05, 4.69) is 12.0 Å². The first-order chi connectivity index (χ1) is 9.86. The van der Waals surface area contributed by atoms with E-state index in [4.69, 9.17) is 11.6 Å². The van der Waals surface area contributed by atoms with Gasteiger partial charge in [-0.15, -0.1) is 11.6 Å². The Morgan fingerprint density at radius 3 is 2.48 bits per heavy atom. The molecule has 0 radical (unpaired) electrons. The molecule has 0 unspecified atom stereocenters. The smallest absolute Gasteiger partial charge is 0.246 e. The largest absolute Gasteiger partial charge is 0.268 e. The molecule has 1 aromatic heterocycles. The number of aromatic nitrogens is 2. The van der Waals surface area contributed by atoms with Crippen LogP contribution in [0.15, 0.2) is 4.90 Å². The third-order valence-electron chi connectivity index (χ3n) is 3.56. The Morgan fingerprint density at radius 1 is 1.24 bits per heavy atom. The average molecular weight is 336 g/mol. The zero-order valence-corrected chi connectivity index (χ0v) is 15.0. The molecule has 0 saturated heterocycles. The molecule has 1 aromatic rings. The Balaban J connectivity index is 2.99. The van der Waals surface area contributed by atoms with Crippen molar-refractivity contribution in [3.63, 3.8) is 0 Å². The maximum absolute atomic E-state index is 12.7. The number of aryl methyl sites for hydroxylation is 2. The second kappa shape index (κ2) is 8.15. The summed E-state index contributed by atoms with van der Waals surface area (Å²) in [5.74, 6) is 0.539. The number of hydrogen-bond acceptors (Lipinski definition) is 3. The molecule has 0 aliphatic carbocycles. The maximum Gasteiger partial charge on any atom is 0.246 e. The number of halogens is 1. The third kappa shape index (κ3) is 4.44. The highest BCUT2D eigenvalue weighted by atomic mass is 35.5. The fourth-order valence-corrected chi connectivity index (χ4v) is 4.04. The quantitative estimate of drug-likeness (QED) is 0.515. The molecule has 0 bridgehead atoms. The first kappa shape index (κ1) is 18.5. The van der Waals surface area contributed by atoms with Crippen molar-refractivity contribution in [2.45, 2.75) is 57.9 Å². The minimum Gasteiger partial charge on any atom is -0.268 e. The first-order valence-electron chi connectivity index (χ1n) is 7.42. The van der Waals surface area contributed by atoms with Crippen molar-refractivity contribution < 1.29 is 8.42 Å². The highest BCUT2D eigenvalue weighted by Gasteiger charge is 2.28. The molecule has 0 aliphatic heterocycles. The molecule has 0 saturated carbocycles. The zero-order chi connectivity index (χ0) is 16.0. The Hall–Kier alpha value is -0.590. The van der Waals surface area contributed by atoms with Gasteiger partial charge in [-0.3, -0.25) is 4.68 Å². The normalized spacial score (nSPS) is 12.3. The van der Waals surface area contributed by atoms with E-state index in [1.54, 1.807) is 25.6 Å². The lowest BCUT2D eigenvalue weighted by Crippen LogP contribution is -2.28. The predicted octanol–water partition coefficient (Wildman–Crippen LogP) is 2.94. The SMILES string of the molecule is CCCCCN(C)S(=O)(=O)c1c(C)nn(CCCCl)c1C. The van der Waals surface area contributed by atoms with Crippen LogP contribution in [0.2, 0.25) is 0 Å². The zero-order valence-electron chi connectivity index (χ0n) is 13.4. The van der Waals surface area contributed by atoms with Gasteiger partial charge >= 0.3 is 0 Å². The van der Waals surface area contributed by atoms with E-state index in [1.165, 1.54) is 4.31 Å². The Morgan fingerprint density at radius 2 is 1.90 bits per heavy atom. The molecule has 0 amide bonds. The van der Waals surface area contributed by atoms with Gasteiger partial charge in [0.25, 0.3) is 0 Å². The van der Waals surface area contributed by atoms with Gasteiger partial charge in [-0.1, -0.05) is 19.8 Å². The lowest BCUT2D eigenvalue weighted by molar-refractivity contribution is 0.453. The summed E-state index contributed by atoms with van der Waals surface area (Å²) >= 11 is 5.69. The Bertz CT molecular complexity index is 555. The molecular formula is C14H26ClN3O2S. The Kier molecular flexibility index (Phi) is 7.16. The molecule has 1 heterocycles. The van der Waals surface area contributed by atoms with Crippen LogP contribution in [0.5, 0.6) is 0 Å². The van der Waals surface area contributed by atoms with Crippen LogP contribution in [0, 0.1) is 13.8 Å². The van der Waals surface area contributed by atoms with E-state index in [9.17, 15) is 8.42 Å². The summed E-state index contributed by atoms with van der Waals surface area (Å²) < 4.78 is 28.6. The molecule has 0 fully saturated rings. The minimum absolute atomic E-state index is 0.344. The third-order valence-corrected chi connectivity index (χ3v) is 5.94. The van der Waals surface area contributed by atoms with Crippen LogP contribution >= 0.6 is 11.6 Å². The van der Waals surface area contributed by atoms with Crippen molar-refractivity contribution in [2.24, 2.45) is 0 Å². The van der Waals surface area contributed by atoms with Crippen LogP contribution in [0.3, 0.4) is 0 Å². The van der Waals surface area contributed by atoms with Gasteiger partial charge in [-0.2, -0.15) is 5.10 Å². The van der Waals surface area contributed by atoms with Crippen LogP contribution in [0.1, 0.15) is 44.0 Å². The van der Waals surface area contributed by atoms with Crippen molar-refractivity contribution >= 4 is 21.6 Å². The van der Waals surface area contributed by atoms with Gasteiger partial charge in [-0.25, -0.2) is 12.7 Å². The molecule has 0 aromatic carbocycles. The summed E-state index contributed by atoms with van der Waals surface area (Å²) in [6.45, 7) is 6.84. The molecule has 122 valence electrons. The molecule has 5 nitrogen and oxygen atoms in total. The van der Waals surface area contributed by atoms with Crippen LogP contribution < -0.4 is 0 Å².